The van der Waals surface area contributed by atoms with Crippen molar-refractivity contribution in [3.05, 3.63) is 10.6 Å². The Hall–Kier alpha value is -1.10. The molecule has 1 aromatic rings. The maximum Gasteiger partial charge on any atom is 0.323 e. The van der Waals surface area contributed by atoms with Crippen LogP contribution >= 0.6 is 11.3 Å². The number of carbonyl (C=O) groups is 1. The van der Waals surface area contributed by atoms with Gasteiger partial charge in [0.15, 0.2) is 5.13 Å². The monoisotopic (exact) mass is 228 g/mol. The van der Waals surface area contributed by atoms with Crippen LogP contribution in [-0.2, 0) is 4.79 Å². The van der Waals surface area contributed by atoms with Crippen LogP contribution in [0.1, 0.15) is 23.9 Å². The average Bonchev–Trinajstić information content (AvgIpc) is 2.46. The van der Waals surface area contributed by atoms with E-state index in [4.69, 9.17) is 5.11 Å². The maximum absolute atomic E-state index is 10.7. The van der Waals surface area contributed by atoms with E-state index in [1.165, 1.54) is 0 Å². The van der Waals surface area contributed by atoms with Gasteiger partial charge in [-0.25, -0.2) is 4.98 Å². The molecule has 1 aromatic heterocycles. The molecule has 84 valence electrons. The number of aromatic nitrogens is 1. The summed E-state index contributed by atoms with van der Waals surface area (Å²) >= 11 is 1.56. The number of hydrogen-bond acceptors (Lipinski definition) is 4. The molecule has 0 fully saturated rings. The Kier molecular flexibility index (Phi) is 4.08. The highest BCUT2D eigenvalue weighted by molar-refractivity contribution is 7.15. The fraction of sp³-hybridized carbons (Fsp3) is 0.600. The number of hydrogen-bond donors (Lipinski definition) is 1. The minimum absolute atomic E-state index is 0.0280. The second-order valence-corrected chi connectivity index (χ2v) is 4.63. The van der Waals surface area contributed by atoms with Crippen molar-refractivity contribution in [1.29, 1.82) is 0 Å². The largest absolute Gasteiger partial charge is 0.480 e. The molecule has 0 unspecified atom stereocenters. The highest BCUT2D eigenvalue weighted by atomic mass is 32.1. The van der Waals surface area contributed by atoms with E-state index >= 15 is 0 Å². The molecule has 0 bridgehead atoms. The number of carboxylic acids is 1. The Morgan fingerprint density at radius 1 is 1.53 bits per heavy atom. The number of aliphatic carboxylic acids is 1. The molecule has 5 heteroatoms. The van der Waals surface area contributed by atoms with E-state index in [-0.39, 0.29) is 6.54 Å². The Labute approximate surface area is 93.6 Å². The van der Waals surface area contributed by atoms with Gasteiger partial charge in [0, 0.05) is 11.4 Å². The summed E-state index contributed by atoms with van der Waals surface area (Å²) in [5.41, 5.74) is 0.987. The number of anilines is 1. The molecule has 0 saturated heterocycles. The van der Waals surface area contributed by atoms with Gasteiger partial charge >= 0.3 is 5.97 Å². The molecule has 0 atom stereocenters. The second-order valence-electron chi connectivity index (χ2n) is 3.45. The molecule has 1 N–H and O–H groups in total. The number of aryl methyl sites for hydroxylation is 2. The normalized spacial score (nSPS) is 10.3. The lowest BCUT2D eigenvalue weighted by molar-refractivity contribution is -0.135. The Bertz CT molecular complexity index is 330. The Morgan fingerprint density at radius 3 is 2.60 bits per heavy atom. The van der Waals surface area contributed by atoms with Gasteiger partial charge in [0.2, 0.25) is 0 Å². The van der Waals surface area contributed by atoms with E-state index in [1.54, 1.807) is 11.3 Å². The van der Waals surface area contributed by atoms with Crippen LogP contribution in [0.3, 0.4) is 0 Å². The summed E-state index contributed by atoms with van der Waals surface area (Å²) in [5.74, 6) is -0.811. The summed E-state index contributed by atoms with van der Waals surface area (Å²) in [5, 5.41) is 9.60. The number of thiazole rings is 1. The second kappa shape index (κ2) is 5.11. The van der Waals surface area contributed by atoms with E-state index < -0.39 is 5.97 Å². The molecular formula is C10H16N2O2S. The molecule has 0 radical (unpaired) electrons. The van der Waals surface area contributed by atoms with Crippen molar-refractivity contribution in [3.63, 3.8) is 0 Å². The zero-order chi connectivity index (χ0) is 11.4. The third-order valence-electron chi connectivity index (χ3n) is 2.11. The number of carboxylic acid groups (broad SMARTS) is 1. The topological polar surface area (TPSA) is 53.4 Å². The van der Waals surface area contributed by atoms with Crippen LogP contribution in [0.2, 0.25) is 0 Å². The van der Waals surface area contributed by atoms with Gasteiger partial charge in [0.05, 0.1) is 5.69 Å². The van der Waals surface area contributed by atoms with Gasteiger partial charge in [-0.05, 0) is 20.3 Å². The van der Waals surface area contributed by atoms with Gasteiger partial charge in [0.25, 0.3) is 0 Å². The standard InChI is InChI=1S/C10H16N2O2S/c1-4-5-12(6-9(13)14)10-11-7(2)8(3)15-10/h4-6H2,1-3H3,(H,13,14). The summed E-state index contributed by atoms with van der Waals surface area (Å²) in [4.78, 5) is 18.0. The zero-order valence-electron chi connectivity index (χ0n) is 9.28. The van der Waals surface area contributed by atoms with Gasteiger partial charge in [-0.1, -0.05) is 6.92 Å². The van der Waals surface area contributed by atoms with Crippen LogP contribution in [0, 0.1) is 13.8 Å². The van der Waals surface area contributed by atoms with Crippen LogP contribution in [0.25, 0.3) is 0 Å². The first kappa shape index (κ1) is 12.0. The van der Waals surface area contributed by atoms with Crippen molar-refractivity contribution < 1.29 is 9.90 Å². The van der Waals surface area contributed by atoms with E-state index in [2.05, 4.69) is 4.98 Å². The lowest BCUT2D eigenvalue weighted by atomic mass is 10.4. The fourth-order valence-corrected chi connectivity index (χ4v) is 2.20. The SMILES string of the molecule is CCCN(CC(=O)O)c1nc(C)c(C)s1. The molecule has 0 aliphatic heterocycles. The molecule has 4 nitrogen and oxygen atoms in total. The molecule has 0 aromatic carbocycles. The summed E-state index contributed by atoms with van der Waals surface area (Å²) in [7, 11) is 0. The highest BCUT2D eigenvalue weighted by Gasteiger charge is 2.14. The molecular weight excluding hydrogens is 212 g/mol. The van der Waals surface area contributed by atoms with Crippen LogP contribution in [0.15, 0.2) is 0 Å². The molecule has 15 heavy (non-hydrogen) atoms. The summed E-state index contributed by atoms with van der Waals surface area (Å²) < 4.78 is 0. The third kappa shape index (κ3) is 3.20. The molecule has 0 amide bonds. The predicted octanol–water partition coefficient (Wildman–Crippen LogP) is 2.06. The molecule has 0 saturated carbocycles. The highest BCUT2D eigenvalue weighted by Crippen LogP contribution is 2.24. The molecule has 0 aliphatic carbocycles. The van der Waals surface area contributed by atoms with Crippen molar-refractivity contribution >= 4 is 22.4 Å². The van der Waals surface area contributed by atoms with E-state index in [0.29, 0.717) is 0 Å². The molecule has 1 rings (SSSR count). The third-order valence-corrected chi connectivity index (χ3v) is 3.24. The Morgan fingerprint density at radius 2 is 2.20 bits per heavy atom. The van der Waals surface area contributed by atoms with Crippen LogP contribution in [-0.4, -0.2) is 29.1 Å². The summed E-state index contributed by atoms with van der Waals surface area (Å²) in [6, 6.07) is 0. The van der Waals surface area contributed by atoms with Gasteiger partial charge in [-0.15, -0.1) is 11.3 Å². The molecule has 0 spiro atoms. The van der Waals surface area contributed by atoms with Crippen molar-refractivity contribution in [2.75, 3.05) is 18.0 Å². The minimum atomic E-state index is -0.811. The first-order valence-corrected chi connectivity index (χ1v) is 5.77. The van der Waals surface area contributed by atoms with Crippen molar-refractivity contribution in [2.24, 2.45) is 0 Å². The first-order valence-electron chi connectivity index (χ1n) is 4.95. The van der Waals surface area contributed by atoms with Crippen molar-refractivity contribution in [3.8, 4) is 0 Å². The van der Waals surface area contributed by atoms with E-state index in [1.807, 2.05) is 25.7 Å². The quantitative estimate of drug-likeness (QED) is 0.838. The smallest absolute Gasteiger partial charge is 0.323 e. The minimum Gasteiger partial charge on any atom is -0.480 e. The molecule has 0 aliphatic rings. The van der Waals surface area contributed by atoms with Gasteiger partial charge in [0.1, 0.15) is 6.54 Å². The van der Waals surface area contributed by atoms with Crippen molar-refractivity contribution in [1.82, 2.24) is 4.98 Å². The Balaban J connectivity index is 2.83. The first-order chi connectivity index (χ1) is 7.04. The lowest BCUT2D eigenvalue weighted by Crippen LogP contribution is -2.30. The van der Waals surface area contributed by atoms with Crippen LogP contribution in [0.4, 0.5) is 5.13 Å². The van der Waals surface area contributed by atoms with Gasteiger partial charge < -0.3 is 10.0 Å². The number of rotatable bonds is 5. The average molecular weight is 228 g/mol. The maximum atomic E-state index is 10.7. The van der Waals surface area contributed by atoms with E-state index in [9.17, 15) is 4.79 Å². The lowest BCUT2D eigenvalue weighted by Gasteiger charge is -2.18. The predicted molar refractivity (Wildman–Crippen MR) is 61.7 cm³/mol. The van der Waals surface area contributed by atoms with Crippen LogP contribution < -0.4 is 4.90 Å². The summed E-state index contributed by atoms with van der Waals surface area (Å²) in [6.07, 6.45) is 0.922. The van der Waals surface area contributed by atoms with E-state index in [0.717, 1.165) is 28.7 Å². The zero-order valence-corrected chi connectivity index (χ0v) is 10.1. The van der Waals surface area contributed by atoms with Crippen LogP contribution in [0.5, 0.6) is 0 Å². The summed E-state index contributed by atoms with van der Waals surface area (Å²) in [6.45, 7) is 6.74. The van der Waals surface area contributed by atoms with Gasteiger partial charge in [-0.3, -0.25) is 4.79 Å². The number of nitrogens with zero attached hydrogens (tertiary/aromatic N) is 2. The van der Waals surface area contributed by atoms with Gasteiger partial charge in [-0.2, -0.15) is 0 Å². The fourth-order valence-electron chi connectivity index (χ4n) is 1.27. The van der Waals surface area contributed by atoms with Crippen molar-refractivity contribution in [2.45, 2.75) is 27.2 Å². The molecule has 1 heterocycles.